The van der Waals surface area contributed by atoms with Gasteiger partial charge >= 0.3 is 11.9 Å². The zero-order chi connectivity index (χ0) is 16.7. The van der Waals surface area contributed by atoms with Gasteiger partial charge in [0.2, 0.25) is 11.6 Å². The first-order valence-corrected chi connectivity index (χ1v) is 5.55. The molecule has 0 unspecified atom stereocenters. The Morgan fingerprint density at radius 2 is 1.40 bits per heavy atom. The van der Waals surface area contributed by atoms with Crippen molar-refractivity contribution in [3.8, 4) is 0 Å². The molecule has 0 bridgehead atoms. The van der Waals surface area contributed by atoms with Crippen molar-refractivity contribution in [3.63, 3.8) is 0 Å². The molecule has 3 nitrogen and oxygen atoms in total. The number of hydrogen-bond acceptors (Lipinski definition) is 2. The lowest BCUT2D eigenvalue weighted by Crippen LogP contribution is -2.12. The molecule has 20 heavy (non-hydrogen) atoms. The smallest absolute Gasteiger partial charge is 0.258 e. The molecule has 0 aliphatic heterocycles. The highest BCUT2D eigenvalue weighted by atomic mass is 19.4. The van der Waals surface area contributed by atoms with E-state index in [1.54, 1.807) is 0 Å². The summed E-state index contributed by atoms with van der Waals surface area (Å²) in [5.41, 5.74) is -4.38. The van der Waals surface area contributed by atoms with Crippen molar-refractivity contribution in [3.05, 3.63) is 39.2 Å². The van der Waals surface area contributed by atoms with E-state index in [4.69, 9.17) is 0 Å². The standard InChI is InChI=1S/C7HF6NO2.2C2H6/c8-3-1-2(7(11,12)13)4(9)6(5(3)10)14(15)16;2*1-2/h1H;2*1-2H3. The first-order valence-electron chi connectivity index (χ1n) is 5.55. The van der Waals surface area contributed by atoms with Gasteiger partial charge in [0.25, 0.3) is 0 Å². The number of nitro benzene ring substituents is 1. The van der Waals surface area contributed by atoms with Crippen molar-refractivity contribution in [1.29, 1.82) is 0 Å². The van der Waals surface area contributed by atoms with Crippen LogP contribution in [0, 0.1) is 27.6 Å². The fourth-order valence-corrected chi connectivity index (χ4v) is 0.957. The number of rotatable bonds is 1. The van der Waals surface area contributed by atoms with E-state index in [1.807, 2.05) is 27.7 Å². The van der Waals surface area contributed by atoms with Crippen LogP contribution in [0.3, 0.4) is 0 Å². The minimum absolute atomic E-state index is 0.475. The van der Waals surface area contributed by atoms with Crippen molar-refractivity contribution < 1.29 is 31.3 Å². The Morgan fingerprint density at radius 1 is 1.00 bits per heavy atom. The molecule has 9 heteroatoms. The predicted molar refractivity (Wildman–Crippen MR) is 60.7 cm³/mol. The number of benzene rings is 1. The molecule has 0 saturated carbocycles. The molecule has 1 aromatic rings. The van der Waals surface area contributed by atoms with Gasteiger partial charge in [-0.1, -0.05) is 27.7 Å². The Hall–Kier alpha value is -1.80. The van der Waals surface area contributed by atoms with Crippen LogP contribution in [0.5, 0.6) is 0 Å². The van der Waals surface area contributed by atoms with E-state index in [1.165, 1.54) is 0 Å². The first kappa shape index (κ1) is 20.5. The fourth-order valence-electron chi connectivity index (χ4n) is 0.957. The third-order valence-corrected chi connectivity index (χ3v) is 1.62. The van der Waals surface area contributed by atoms with Gasteiger partial charge in [-0.2, -0.15) is 22.0 Å². The van der Waals surface area contributed by atoms with Crippen LogP contribution in [0.1, 0.15) is 33.3 Å². The molecule has 1 rings (SSSR count). The lowest BCUT2D eigenvalue weighted by molar-refractivity contribution is -0.390. The lowest BCUT2D eigenvalue weighted by atomic mass is 10.1. The average Bonchev–Trinajstić information content (AvgIpc) is 2.37. The van der Waals surface area contributed by atoms with Gasteiger partial charge < -0.3 is 0 Å². The molecule has 116 valence electrons. The number of hydrogen-bond donors (Lipinski definition) is 0. The van der Waals surface area contributed by atoms with E-state index in [2.05, 4.69) is 0 Å². The second-order valence-corrected chi connectivity index (χ2v) is 2.64. The molecule has 0 aliphatic carbocycles. The van der Waals surface area contributed by atoms with Crippen LogP contribution in [-0.2, 0) is 6.18 Å². The quantitative estimate of drug-likeness (QED) is 0.314. The van der Waals surface area contributed by atoms with Crippen molar-refractivity contribution in [2.45, 2.75) is 33.9 Å². The summed E-state index contributed by atoms with van der Waals surface area (Å²) in [6.45, 7) is 8.00. The van der Waals surface area contributed by atoms with Gasteiger partial charge in [-0.05, 0) is 6.07 Å². The maximum Gasteiger partial charge on any atom is 0.419 e. The predicted octanol–water partition coefficient (Wildman–Crippen LogP) is 5.08. The summed E-state index contributed by atoms with van der Waals surface area (Å²) < 4.78 is 74.3. The minimum atomic E-state index is -5.34. The number of halogens is 6. The molecule has 0 N–H and O–H groups in total. The largest absolute Gasteiger partial charge is 0.419 e. The third kappa shape index (κ3) is 4.71. The molecule has 0 fully saturated rings. The highest BCUT2D eigenvalue weighted by Crippen LogP contribution is 2.37. The van der Waals surface area contributed by atoms with Crippen molar-refractivity contribution in [2.24, 2.45) is 0 Å². The Bertz CT molecular complexity index is 459. The van der Waals surface area contributed by atoms with Crippen LogP contribution in [0.2, 0.25) is 0 Å². The van der Waals surface area contributed by atoms with Crippen LogP contribution in [0.4, 0.5) is 32.0 Å². The van der Waals surface area contributed by atoms with Crippen molar-refractivity contribution in [2.75, 3.05) is 0 Å². The summed E-state index contributed by atoms with van der Waals surface area (Å²) in [5.74, 6) is -6.85. The topological polar surface area (TPSA) is 43.1 Å². The summed E-state index contributed by atoms with van der Waals surface area (Å²) >= 11 is 0. The second-order valence-electron chi connectivity index (χ2n) is 2.64. The number of nitro groups is 1. The Balaban J connectivity index is 0. The Kier molecular flexibility index (Phi) is 8.60. The molecule has 1 aromatic carbocycles. The second kappa shape index (κ2) is 8.39. The summed E-state index contributed by atoms with van der Waals surface area (Å²) in [7, 11) is 0. The van der Waals surface area contributed by atoms with Crippen LogP contribution in [0.15, 0.2) is 6.07 Å². The molecular weight excluding hydrogens is 292 g/mol. The highest BCUT2D eigenvalue weighted by Gasteiger charge is 2.40. The number of nitrogens with zero attached hydrogens (tertiary/aromatic N) is 1. The van der Waals surface area contributed by atoms with Gasteiger partial charge in [0, 0.05) is 0 Å². The average molecular weight is 305 g/mol. The first-order chi connectivity index (χ1) is 9.16. The summed E-state index contributed by atoms with van der Waals surface area (Å²) in [6.07, 6.45) is -5.34. The van der Waals surface area contributed by atoms with Crippen LogP contribution < -0.4 is 0 Å². The third-order valence-electron chi connectivity index (χ3n) is 1.62. The van der Waals surface area contributed by atoms with E-state index >= 15 is 0 Å². The maximum absolute atomic E-state index is 12.9. The van der Waals surface area contributed by atoms with E-state index in [-0.39, 0.29) is 0 Å². The van der Waals surface area contributed by atoms with Gasteiger partial charge in [0.1, 0.15) is 5.56 Å². The fraction of sp³-hybridized carbons (Fsp3) is 0.455. The van der Waals surface area contributed by atoms with E-state index < -0.39 is 45.9 Å². The van der Waals surface area contributed by atoms with Gasteiger partial charge in [0.05, 0.1) is 4.92 Å². The summed E-state index contributed by atoms with van der Waals surface area (Å²) in [4.78, 5) is 8.30. The van der Waals surface area contributed by atoms with Crippen molar-refractivity contribution >= 4 is 5.69 Å². The number of alkyl halides is 3. The molecule has 0 heterocycles. The molecule has 0 amide bonds. The SMILES string of the molecule is CC.CC.O=[N+]([O-])c1c(F)c(F)cc(C(F)(F)F)c1F. The monoisotopic (exact) mass is 305 g/mol. The highest BCUT2D eigenvalue weighted by molar-refractivity contribution is 5.40. The molecule has 0 aromatic heterocycles. The van der Waals surface area contributed by atoms with Crippen LogP contribution in [0.25, 0.3) is 0 Å². The van der Waals surface area contributed by atoms with E-state index in [0.29, 0.717) is 0 Å². The molecule has 0 aliphatic rings. The van der Waals surface area contributed by atoms with Gasteiger partial charge in [0.15, 0.2) is 5.82 Å². The molecule has 0 radical (unpaired) electrons. The van der Waals surface area contributed by atoms with E-state index in [9.17, 15) is 36.5 Å². The minimum Gasteiger partial charge on any atom is -0.258 e. The zero-order valence-electron chi connectivity index (χ0n) is 11.1. The normalized spacial score (nSPS) is 9.90. The van der Waals surface area contributed by atoms with Gasteiger partial charge in [-0.3, -0.25) is 10.1 Å². The van der Waals surface area contributed by atoms with Crippen LogP contribution in [-0.4, -0.2) is 4.92 Å². The molecule has 0 saturated heterocycles. The Labute approximate surface area is 111 Å². The van der Waals surface area contributed by atoms with Crippen LogP contribution >= 0.6 is 0 Å². The lowest BCUT2D eigenvalue weighted by Gasteiger charge is -2.08. The zero-order valence-corrected chi connectivity index (χ0v) is 11.1. The Morgan fingerprint density at radius 3 is 1.70 bits per heavy atom. The molecule has 0 spiro atoms. The van der Waals surface area contributed by atoms with E-state index in [0.717, 1.165) is 0 Å². The maximum atomic E-state index is 12.9. The summed E-state index contributed by atoms with van der Waals surface area (Å²) in [5, 5.41) is 10.1. The summed E-state index contributed by atoms with van der Waals surface area (Å²) in [6, 6.07) is -0.475. The molecule has 0 atom stereocenters. The van der Waals surface area contributed by atoms with Gasteiger partial charge in [-0.25, -0.2) is 4.39 Å². The van der Waals surface area contributed by atoms with Gasteiger partial charge in [-0.15, -0.1) is 0 Å². The van der Waals surface area contributed by atoms with Crippen molar-refractivity contribution in [1.82, 2.24) is 0 Å². The molecular formula is C11H13F6NO2.